The van der Waals surface area contributed by atoms with Gasteiger partial charge in [-0.25, -0.2) is 0 Å². The second-order valence-electron chi connectivity index (χ2n) is 9.43. The van der Waals surface area contributed by atoms with E-state index in [1.807, 2.05) is 12.2 Å². The van der Waals surface area contributed by atoms with E-state index >= 15 is 0 Å². The molecule has 2 heterocycles. The number of ether oxygens (including phenoxy) is 1. The first-order chi connectivity index (χ1) is 18.0. The lowest BCUT2D eigenvalue weighted by molar-refractivity contribution is -0.274. The highest BCUT2D eigenvalue weighted by atomic mass is 79.9. The largest absolute Gasteiger partial charge is 0.573 e. The Morgan fingerprint density at radius 1 is 0.895 bits per heavy atom. The number of nitrogens with zero attached hydrogens (tertiary/aromatic N) is 2. The molecular formula is C28H35Br2F3N4O. The molecule has 0 radical (unpaired) electrons. The molecule has 0 aliphatic carbocycles. The van der Waals surface area contributed by atoms with Crippen LogP contribution in [0.5, 0.6) is 5.75 Å². The standard InChI is InChI=1S/C15H21BrN2.C13H14BrF3N2O/c1-4-13-10-17-7-8-18(13)15-6-5-12(11(2)3)9-14(15)16;1-2-9-8-18-5-6-19(9)12-4-3-10(7-11(12)14)20-13(15,16)17/h4-6,9,11,13,17H,1,7-8,10H2,2-3H3;2-4,7,9,18H,1,5-6,8H2. The van der Waals surface area contributed by atoms with Crippen molar-refractivity contribution in [1.29, 1.82) is 0 Å². The average Bonchev–Trinajstić information content (AvgIpc) is 2.88. The molecule has 208 valence electrons. The second-order valence-corrected chi connectivity index (χ2v) is 11.1. The summed E-state index contributed by atoms with van der Waals surface area (Å²) in [6.07, 6.45) is -0.840. The third-order valence-electron chi connectivity index (χ3n) is 6.52. The number of hydrogen-bond donors (Lipinski definition) is 2. The van der Waals surface area contributed by atoms with Crippen molar-refractivity contribution in [3.63, 3.8) is 0 Å². The maximum atomic E-state index is 12.2. The Labute approximate surface area is 240 Å². The van der Waals surface area contributed by atoms with Crippen LogP contribution < -0.4 is 25.2 Å². The van der Waals surface area contributed by atoms with E-state index in [1.165, 1.54) is 27.9 Å². The van der Waals surface area contributed by atoms with Crippen LogP contribution in [0.3, 0.4) is 0 Å². The van der Waals surface area contributed by atoms with Gasteiger partial charge < -0.3 is 25.2 Å². The molecule has 0 spiro atoms. The van der Waals surface area contributed by atoms with Gasteiger partial charge in [-0.1, -0.05) is 32.1 Å². The fourth-order valence-electron chi connectivity index (χ4n) is 4.50. The van der Waals surface area contributed by atoms with Gasteiger partial charge in [0.1, 0.15) is 5.75 Å². The van der Waals surface area contributed by atoms with Gasteiger partial charge in [-0.15, -0.1) is 26.3 Å². The summed E-state index contributed by atoms with van der Waals surface area (Å²) in [5.74, 6) is 0.326. The normalized spacial score (nSPS) is 20.0. The van der Waals surface area contributed by atoms with E-state index in [1.54, 1.807) is 6.07 Å². The number of nitrogens with one attached hydrogen (secondary N) is 2. The van der Waals surface area contributed by atoms with Crippen LogP contribution in [0.4, 0.5) is 24.5 Å². The summed E-state index contributed by atoms with van der Waals surface area (Å²) in [5.41, 5.74) is 3.47. The maximum absolute atomic E-state index is 12.2. The van der Waals surface area contributed by atoms with E-state index in [4.69, 9.17) is 0 Å². The molecule has 2 aliphatic rings. The Bertz CT molecular complexity index is 1100. The number of hydrogen-bond acceptors (Lipinski definition) is 5. The van der Waals surface area contributed by atoms with E-state index in [-0.39, 0.29) is 11.8 Å². The molecule has 2 aliphatic heterocycles. The molecule has 2 saturated heterocycles. The first-order valence-electron chi connectivity index (χ1n) is 12.6. The van der Waals surface area contributed by atoms with Gasteiger partial charge in [0.05, 0.1) is 23.5 Å². The molecule has 0 saturated carbocycles. The molecule has 5 nitrogen and oxygen atoms in total. The Morgan fingerprint density at radius 3 is 1.82 bits per heavy atom. The molecule has 2 fully saturated rings. The molecular weight excluding hydrogens is 625 g/mol. The van der Waals surface area contributed by atoms with E-state index in [0.717, 1.165) is 45.0 Å². The summed E-state index contributed by atoms with van der Waals surface area (Å²) < 4.78 is 42.2. The fraction of sp³-hybridized carbons (Fsp3) is 0.429. The van der Waals surface area contributed by atoms with Crippen molar-refractivity contribution in [3.05, 3.63) is 76.2 Å². The van der Waals surface area contributed by atoms with Crippen molar-refractivity contribution in [2.75, 3.05) is 49.1 Å². The lowest BCUT2D eigenvalue weighted by Gasteiger charge is -2.37. The number of rotatable bonds is 6. The predicted octanol–water partition coefficient (Wildman–Crippen LogP) is 6.85. The highest BCUT2D eigenvalue weighted by Gasteiger charge is 2.31. The summed E-state index contributed by atoms with van der Waals surface area (Å²) in [5, 5.41) is 6.65. The smallest absolute Gasteiger partial charge is 0.406 e. The van der Waals surface area contributed by atoms with Gasteiger partial charge in [0, 0.05) is 48.2 Å². The average molecular weight is 660 g/mol. The third kappa shape index (κ3) is 8.24. The topological polar surface area (TPSA) is 39.8 Å². The Hall–Kier alpha value is -2.01. The van der Waals surface area contributed by atoms with Gasteiger partial charge >= 0.3 is 6.36 Å². The minimum Gasteiger partial charge on any atom is -0.406 e. The Balaban J connectivity index is 0.000000212. The zero-order valence-electron chi connectivity index (χ0n) is 21.7. The monoisotopic (exact) mass is 658 g/mol. The SMILES string of the molecule is C=CC1CNCCN1c1ccc(C(C)C)cc1Br.C=CC1CNCCN1c1ccc(OC(F)(F)F)cc1Br. The quantitative estimate of drug-likeness (QED) is 0.332. The van der Waals surface area contributed by atoms with Crippen LogP contribution in [-0.4, -0.2) is 57.7 Å². The highest BCUT2D eigenvalue weighted by Crippen LogP contribution is 2.34. The third-order valence-corrected chi connectivity index (χ3v) is 7.79. The Morgan fingerprint density at radius 2 is 1.39 bits per heavy atom. The van der Waals surface area contributed by atoms with Crippen molar-refractivity contribution in [1.82, 2.24) is 10.6 Å². The van der Waals surface area contributed by atoms with Gasteiger partial charge in [0.25, 0.3) is 0 Å². The zero-order valence-corrected chi connectivity index (χ0v) is 24.9. The van der Waals surface area contributed by atoms with Crippen molar-refractivity contribution in [2.24, 2.45) is 0 Å². The van der Waals surface area contributed by atoms with E-state index in [2.05, 4.69) is 102 Å². The van der Waals surface area contributed by atoms with Crippen molar-refractivity contribution < 1.29 is 17.9 Å². The second kappa shape index (κ2) is 13.9. The number of alkyl halides is 3. The minimum atomic E-state index is -4.68. The van der Waals surface area contributed by atoms with Gasteiger partial charge in [-0.05, 0) is 73.7 Å². The van der Waals surface area contributed by atoms with Crippen LogP contribution in [0.2, 0.25) is 0 Å². The first-order valence-corrected chi connectivity index (χ1v) is 14.2. The van der Waals surface area contributed by atoms with Crippen LogP contribution in [0.15, 0.2) is 70.7 Å². The number of anilines is 2. The minimum absolute atomic E-state index is 0.106. The van der Waals surface area contributed by atoms with Gasteiger partial charge in [-0.2, -0.15) is 0 Å². The maximum Gasteiger partial charge on any atom is 0.573 e. The number of benzene rings is 2. The van der Waals surface area contributed by atoms with Gasteiger partial charge in [-0.3, -0.25) is 0 Å². The molecule has 2 aromatic rings. The summed E-state index contributed by atoms with van der Waals surface area (Å²) in [4.78, 5) is 4.50. The molecule has 2 N–H and O–H groups in total. The van der Waals surface area contributed by atoms with Crippen LogP contribution in [0, 0.1) is 0 Å². The van der Waals surface area contributed by atoms with Crippen LogP contribution in [0.1, 0.15) is 25.3 Å². The lowest BCUT2D eigenvalue weighted by Crippen LogP contribution is -2.50. The summed E-state index contributed by atoms with van der Waals surface area (Å²) in [6.45, 7) is 17.5. The van der Waals surface area contributed by atoms with Crippen LogP contribution >= 0.6 is 31.9 Å². The molecule has 0 amide bonds. The van der Waals surface area contributed by atoms with Crippen molar-refractivity contribution >= 4 is 43.2 Å². The number of piperazine rings is 2. The van der Waals surface area contributed by atoms with Crippen molar-refractivity contribution in [3.8, 4) is 5.75 Å². The van der Waals surface area contributed by atoms with Crippen LogP contribution in [0.25, 0.3) is 0 Å². The molecule has 0 aromatic heterocycles. The van der Waals surface area contributed by atoms with E-state index in [0.29, 0.717) is 16.4 Å². The first kappa shape index (κ1) is 30.5. The molecule has 0 bridgehead atoms. The number of halogens is 5. The van der Waals surface area contributed by atoms with Gasteiger partial charge in [0.2, 0.25) is 0 Å². The molecule has 38 heavy (non-hydrogen) atoms. The summed E-state index contributed by atoms with van der Waals surface area (Å²) in [7, 11) is 0. The molecule has 2 atom stereocenters. The van der Waals surface area contributed by atoms with Crippen LogP contribution in [-0.2, 0) is 0 Å². The molecule has 4 rings (SSSR count). The lowest BCUT2D eigenvalue weighted by atomic mass is 10.0. The molecule has 2 aromatic carbocycles. The van der Waals surface area contributed by atoms with E-state index in [9.17, 15) is 13.2 Å². The highest BCUT2D eigenvalue weighted by molar-refractivity contribution is 9.11. The summed E-state index contributed by atoms with van der Waals surface area (Å²) in [6, 6.07) is 11.4. The Kier molecular flexibility index (Phi) is 11.1. The fourth-order valence-corrected chi connectivity index (χ4v) is 5.71. The van der Waals surface area contributed by atoms with Crippen molar-refractivity contribution in [2.45, 2.75) is 38.2 Å². The van der Waals surface area contributed by atoms with E-state index < -0.39 is 6.36 Å². The van der Waals surface area contributed by atoms with Gasteiger partial charge in [0.15, 0.2) is 0 Å². The predicted molar refractivity (Wildman–Crippen MR) is 157 cm³/mol. The molecule has 2 unspecified atom stereocenters. The zero-order chi connectivity index (χ0) is 27.9. The summed E-state index contributed by atoms with van der Waals surface area (Å²) >= 11 is 7.01. The molecule has 10 heteroatoms.